The standard InChI is InChI=1S/C18H19N3O3/c1-13(22)20-16(11-14-7-3-2-4-8-14)18(24)21-19-12-15-9-5-6-10-17(15)23/h2-10,12,16,23H,11H2,1H3,(H,20,22)(H,21,24). The van der Waals surface area contributed by atoms with Crippen LogP contribution in [0.3, 0.4) is 0 Å². The number of hydrogen-bond donors (Lipinski definition) is 3. The van der Waals surface area contributed by atoms with Gasteiger partial charge in [-0.1, -0.05) is 42.5 Å². The van der Waals surface area contributed by atoms with Gasteiger partial charge in [-0.2, -0.15) is 5.10 Å². The minimum absolute atomic E-state index is 0.0678. The Bertz CT molecular complexity index is 729. The molecule has 6 heteroatoms. The Kier molecular flexibility index (Phi) is 6.08. The molecular formula is C18H19N3O3. The molecule has 2 amide bonds. The van der Waals surface area contributed by atoms with Gasteiger partial charge in [0, 0.05) is 18.9 Å². The van der Waals surface area contributed by atoms with E-state index in [0.717, 1.165) is 5.56 Å². The molecule has 0 aliphatic carbocycles. The number of benzene rings is 2. The molecular weight excluding hydrogens is 306 g/mol. The van der Waals surface area contributed by atoms with E-state index in [0.29, 0.717) is 12.0 Å². The molecule has 0 saturated heterocycles. The van der Waals surface area contributed by atoms with Crippen molar-refractivity contribution in [2.45, 2.75) is 19.4 Å². The molecule has 1 unspecified atom stereocenters. The molecule has 1 atom stereocenters. The summed E-state index contributed by atoms with van der Waals surface area (Å²) < 4.78 is 0. The van der Waals surface area contributed by atoms with Crippen LogP contribution in [0.25, 0.3) is 0 Å². The number of rotatable bonds is 6. The average molecular weight is 325 g/mol. The summed E-state index contributed by atoms with van der Waals surface area (Å²) in [4.78, 5) is 23.6. The fraction of sp³-hybridized carbons (Fsp3) is 0.167. The zero-order chi connectivity index (χ0) is 17.4. The molecule has 6 nitrogen and oxygen atoms in total. The van der Waals surface area contributed by atoms with Gasteiger partial charge in [0.2, 0.25) is 5.91 Å². The Labute approximate surface area is 140 Å². The van der Waals surface area contributed by atoms with Crippen molar-refractivity contribution in [2.24, 2.45) is 5.10 Å². The van der Waals surface area contributed by atoms with Crippen LogP contribution in [0.4, 0.5) is 0 Å². The highest BCUT2D eigenvalue weighted by molar-refractivity contribution is 5.89. The molecule has 0 heterocycles. The molecule has 3 N–H and O–H groups in total. The minimum Gasteiger partial charge on any atom is -0.507 e. The van der Waals surface area contributed by atoms with Crippen molar-refractivity contribution in [1.82, 2.24) is 10.7 Å². The Morgan fingerprint density at radius 2 is 1.79 bits per heavy atom. The Morgan fingerprint density at radius 1 is 1.12 bits per heavy atom. The van der Waals surface area contributed by atoms with Crippen LogP contribution in [0.5, 0.6) is 5.75 Å². The molecule has 0 aromatic heterocycles. The number of nitrogens with zero attached hydrogens (tertiary/aromatic N) is 1. The first-order chi connectivity index (χ1) is 11.6. The third-order valence-corrected chi connectivity index (χ3v) is 3.29. The van der Waals surface area contributed by atoms with Crippen LogP contribution >= 0.6 is 0 Å². The van der Waals surface area contributed by atoms with Crippen LogP contribution < -0.4 is 10.7 Å². The number of aromatic hydroxyl groups is 1. The lowest BCUT2D eigenvalue weighted by Gasteiger charge is -2.16. The van der Waals surface area contributed by atoms with Gasteiger partial charge in [0.15, 0.2) is 0 Å². The van der Waals surface area contributed by atoms with Gasteiger partial charge in [0.1, 0.15) is 11.8 Å². The summed E-state index contributed by atoms with van der Waals surface area (Å²) in [7, 11) is 0. The zero-order valence-electron chi connectivity index (χ0n) is 13.3. The van der Waals surface area contributed by atoms with Crippen molar-refractivity contribution >= 4 is 18.0 Å². The van der Waals surface area contributed by atoms with Crippen LogP contribution in [0.15, 0.2) is 59.7 Å². The van der Waals surface area contributed by atoms with Gasteiger partial charge in [-0.3, -0.25) is 9.59 Å². The molecule has 2 aromatic carbocycles. The second kappa shape index (κ2) is 8.47. The van der Waals surface area contributed by atoms with E-state index in [1.807, 2.05) is 30.3 Å². The van der Waals surface area contributed by atoms with Crippen molar-refractivity contribution in [3.63, 3.8) is 0 Å². The van der Waals surface area contributed by atoms with Crippen molar-refractivity contribution in [2.75, 3.05) is 0 Å². The van der Waals surface area contributed by atoms with E-state index in [4.69, 9.17) is 0 Å². The van der Waals surface area contributed by atoms with E-state index < -0.39 is 11.9 Å². The number of hydrogen-bond acceptors (Lipinski definition) is 4. The van der Waals surface area contributed by atoms with Gasteiger partial charge in [-0.25, -0.2) is 5.43 Å². The highest BCUT2D eigenvalue weighted by Crippen LogP contribution is 2.12. The summed E-state index contributed by atoms with van der Waals surface area (Å²) in [5, 5.41) is 16.1. The van der Waals surface area contributed by atoms with Crippen LogP contribution in [-0.4, -0.2) is 29.2 Å². The fourth-order valence-electron chi connectivity index (χ4n) is 2.14. The quantitative estimate of drug-likeness (QED) is 0.556. The molecule has 2 rings (SSSR count). The Hall–Kier alpha value is -3.15. The third kappa shape index (κ3) is 5.24. The Balaban J connectivity index is 2.02. The second-order valence-corrected chi connectivity index (χ2v) is 5.24. The molecule has 0 radical (unpaired) electrons. The van der Waals surface area contributed by atoms with Crippen molar-refractivity contribution in [3.05, 3.63) is 65.7 Å². The molecule has 0 saturated carbocycles. The zero-order valence-corrected chi connectivity index (χ0v) is 13.3. The molecule has 2 aromatic rings. The summed E-state index contributed by atoms with van der Waals surface area (Å²) in [6, 6.07) is 15.3. The number of phenolic OH excluding ortho intramolecular Hbond substituents is 1. The average Bonchev–Trinajstić information content (AvgIpc) is 2.56. The number of hydrazone groups is 1. The van der Waals surface area contributed by atoms with E-state index in [-0.39, 0.29) is 11.7 Å². The molecule has 0 aliphatic rings. The van der Waals surface area contributed by atoms with E-state index in [9.17, 15) is 14.7 Å². The first-order valence-electron chi connectivity index (χ1n) is 7.48. The lowest BCUT2D eigenvalue weighted by atomic mass is 10.1. The lowest BCUT2D eigenvalue weighted by molar-refractivity contribution is -0.128. The maximum absolute atomic E-state index is 12.3. The van der Waals surface area contributed by atoms with Crippen LogP contribution in [0.1, 0.15) is 18.1 Å². The van der Waals surface area contributed by atoms with Gasteiger partial charge in [-0.05, 0) is 17.7 Å². The number of amides is 2. The number of nitrogens with one attached hydrogen (secondary N) is 2. The van der Waals surface area contributed by atoms with Crippen LogP contribution in [0.2, 0.25) is 0 Å². The normalized spacial score (nSPS) is 11.9. The van der Waals surface area contributed by atoms with Gasteiger partial charge in [-0.15, -0.1) is 0 Å². The topological polar surface area (TPSA) is 90.8 Å². The van der Waals surface area contributed by atoms with E-state index in [1.165, 1.54) is 19.2 Å². The number of phenols is 1. The largest absolute Gasteiger partial charge is 0.507 e. The van der Waals surface area contributed by atoms with E-state index >= 15 is 0 Å². The van der Waals surface area contributed by atoms with Crippen LogP contribution in [-0.2, 0) is 16.0 Å². The Morgan fingerprint density at radius 3 is 2.46 bits per heavy atom. The first kappa shape index (κ1) is 17.2. The van der Waals surface area contributed by atoms with E-state index in [1.54, 1.807) is 18.2 Å². The highest BCUT2D eigenvalue weighted by atomic mass is 16.3. The number of para-hydroxylation sites is 1. The predicted octanol–water partition coefficient (Wildman–Crippen LogP) is 1.59. The smallest absolute Gasteiger partial charge is 0.262 e. The van der Waals surface area contributed by atoms with Gasteiger partial charge in [0.05, 0.1) is 6.21 Å². The summed E-state index contributed by atoms with van der Waals surface area (Å²) in [6.07, 6.45) is 1.71. The monoisotopic (exact) mass is 325 g/mol. The number of carbonyl (C=O) groups excluding carboxylic acids is 2. The third-order valence-electron chi connectivity index (χ3n) is 3.29. The second-order valence-electron chi connectivity index (χ2n) is 5.24. The van der Waals surface area contributed by atoms with Gasteiger partial charge >= 0.3 is 0 Å². The summed E-state index contributed by atoms with van der Waals surface area (Å²) in [5.74, 6) is -0.658. The van der Waals surface area contributed by atoms with Crippen LogP contribution in [0, 0.1) is 0 Å². The van der Waals surface area contributed by atoms with Crippen molar-refractivity contribution in [3.8, 4) is 5.75 Å². The molecule has 0 fully saturated rings. The molecule has 124 valence electrons. The fourth-order valence-corrected chi connectivity index (χ4v) is 2.14. The first-order valence-corrected chi connectivity index (χ1v) is 7.48. The highest BCUT2D eigenvalue weighted by Gasteiger charge is 2.19. The summed E-state index contributed by atoms with van der Waals surface area (Å²) >= 11 is 0. The molecule has 0 aliphatic heterocycles. The van der Waals surface area contributed by atoms with E-state index in [2.05, 4.69) is 15.8 Å². The molecule has 0 bridgehead atoms. The maximum atomic E-state index is 12.3. The summed E-state index contributed by atoms with van der Waals surface area (Å²) in [6.45, 7) is 1.36. The van der Waals surface area contributed by atoms with Gasteiger partial charge in [0.25, 0.3) is 5.91 Å². The predicted molar refractivity (Wildman–Crippen MR) is 91.6 cm³/mol. The molecule has 24 heavy (non-hydrogen) atoms. The SMILES string of the molecule is CC(=O)NC(Cc1ccccc1)C(=O)NN=Cc1ccccc1O. The minimum atomic E-state index is -0.730. The maximum Gasteiger partial charge on any atom is 0.262 e. The molecule has 0 spiro atoms. The van der Waals surface area contributed by atoms with Gasteiger partial charge < -0.3 is 10.4 Å². The number of carbonyl (C=O) groups is 2. The van der Waals surface area contributed by atoms with Crippen molar-refractivity contribution < 1.29 is 14.7 Å². The van der Waals surface area contributed by atoms with Crippen molar-refractivity contribution in [1.29, 1.82) is 0 Å². The lowest BCUT2D eigenvalue weighted by Crippen LogP contribution is -2.46. The summed E-state index contributed by atoms with van der Waals surface area (Å²) in [5.41, 5.74) is 3.80.